The van der Waals surface area contributed by atoms with Gasteiger partial charge in [-0.15, -0.1) is 0 Å². The molecule has 1 saturated heterocycles. The second-order valence-corrected chi connectivity index (χ2v) is 11.0. The predicted octanol–water partition coefficient (Wildman–Crippen LogP) is 5.16. The first-order chi connectivity index (χ1) is 13.6. The molecule has 160 valence electrons. The Kier molecular flexibility index (Phi) is 5.30. The lowest BCUT2D eigenvalue weighted by Crippen LogP contribution is -2.56. The molecule has 2 aliphatic carbocycles. The van der Waals surface area contributed by atoms with Crippen LogP contribution in [0.3, 0.4) is 0 Å². The Morgan fingerprint density at radius 2 is 1.86 bits per heavy atom. The monoisotopic (exact) mass is 400 g/mol. The normalized spacial score (nSPS) is 29.5. The van der Waals surface area contributed by atoms with E-state index >= 15 is 4.39 Å². The highest BCUT2D eigenvalue weighted by molar-refractivity contribution is 5.74. The van der Waals surface area contributed by atoms with E-state index in [2.05, 4.69) is 49.2 Å². The number of carbonyl (C=O) groups is 1. The van der Waals surface area contributed by atoms with Crippen LogP contribution in [0, 0.1) is 11.3 Å². The summed E-state index contributed by atoms with van der Waals surface area (Å²) in [7, 11) is 0. The molecule has 1 aromatic carbocycles. The van der Waals surface area contributed by atoms with E-state index < -0.39 is 11.7 Å². The highest BCUT2D eigenvalue weighted by Gasteiger charge is 2.60. The van der Waals surface area contributed by atoms with Gasteiger partial charge in [-0.2, -0.15) is 0 Å². The van der Waals surface area contributed by atoms with Crippen molar-refractivity contribution in [1.29, 1.82) is 0 Å². The van der Waals surface area contributed by atoms with Crippen molar-refractivity contribution in [2.45, 2.75) is 83.3 Å². The number of amides is 1. The number of carbonyl (C=O) groups excluding carboxylic acids is 1. The molecule has 3 nitrogen and oxygen atoms in total. The van der Waals surface area contributed by atoms with Crippen LogP contribution in [-0.2, 0) is 10.2 Å². The molecule has 1 saturated carbocycles. The zero-order valence-electron chi connectivity index (χ0n) is 18.6. The van der Waals surface area contributed by atoms with Gasteiger partial charge >= 0.3 is 0 Å². The molecular formula is C25H37FN2O. The second-order valence-electron chi connectivity index (χ2n) is 11.0. The molecule has 1 unspecified atom stereocenters. The molecule has 1 aromatic rings. The van der Waals surface area contributed by atoms with E-state index in [0.29, 0.717) is 11.8 Å². The zero-order chi connectivity index (χ0) is 20.9. The summed E-state index contributed by atoms with van der Waals surface area (Å²) in [5, 5.41) is 2.99. The van der Waals surface area contributed by atoms with E-state index in [0.717, 1.165) is 50.9 Å². The van der Waals surface area contributed by atoms with Crippen LogP contribution in [0.25, 0.3) is 0 Å². The van der Waals surface area contributed by atoms with Crippen molar-refractivity contribution in [2.75, 3.05) is 19.6 Å². The molecule has 1 heterocycles. The maximum Gasteiger partial charge on any atom is 0.217 e. The highest BCUT2D eigenvalue weighted by atomic mass is 19.1. The van der Waals surface area contributed by atoms with Gasteiger partial charge in [-0.3, -0.25) is 4.79 Å². The van der Waals surface area contributed by atoms with Crippen LogP contribution in [0.5, 0.6) is 0 Å². The Morgan fingerprint density at radius 3 is 2.45 bits per heavy atom. The minimum Gasteiger partial charge on any atom is -0.346 e. The first-order valence-corrected chi connectivity index (χ1v) is 11.4. The van der Waals surface area contributed by atoms with Crippen LogP contribution >= 0.6 is 0 Å². The molecule has 0 aromatic heterocycles. The van der Waals surface area contributed by atoms with E-state index in [9.17, 15) is 4.79 Å². The van der Waals surface area contributed by atoms with Gasteiger partial charge in [0.25, 0.3) is 0 Å². The fourth-order valence-electron chi connectivity index (χ4n) is 5.69. The van der Waals surface area contributed by atoms with Crippen molar-refractivity contribution >= 4 is 5.91 Å². The minimum absolute atomic E-state index is 0.0866. The van der Waals surface area contributed by atoms with Crippen molar-refractivity contribution in [3.8, 4) is 0 Å². The largest absolute Gasteiger partial charge is 0.346 e. The molecule has 1 aliphatic heterocycles. The third kappa shape index (κ3) is 4.10. The van der Waals surface area contributed by atoms with Gasteiger partial charge in [0.15, 0.2) is 0 Å². The van der Waals surface area contributed by atoms with E-state index in [1.807, 2.05) is 6.07 Å². The second kappa shape index (κ2) is 7.37. The third-order valence-electron chi connectivity index (χ3n) is 7.53. The van der Waals surface area contributed by atoms with Gasteiger partial charge < -0.3 is 10.2 Å². The Morgan fingerprint density at radius 1 is 1.21 bits per heavy atom. The van der Waals surface area contributed by atoms with Gasteiger partial charge in [-0.05, 0) is 80.6 Å². The number of hydrogen-bond donors (Lipinski definition) is 1. The van der Waals surface area contributed by atoms with Crippen LogP contribution < -0.4 is 5.32 Å². The molecule has 1 spiro atoms. The van der Waals surface area contributed by atoms with Gasteiger partial charge in [0.2, 0.25) is 5.91 Å². The molecule has 2 fully saturated rings. The maximum atomic E-state index is 16.7. The summed E-state index contributed by atoms with van der Waals surface area (Å²) in [5.41, 5.74) is 1.22. The van der Waals surface area contributed by atoms with Crippen LogP contribution in [0.4, 0.5) is 4.39 Å². The average Bonchev–Trinajstić information content (AvgIpc) is 3.50. The molecule has 3 aliphatic rings. The van der Waals surface area contributed by atoms with Crippen molar-refractivity contribution in [3.63, 3.8) is 0 Å². The smallest absolute Gasteiger partial charge is 0.217 e. The van der Waals surface area contributed by atoms with Gasteiger partial charge in [0.05, 0.1) is 6.04 Å². The van der Waals surface area contributed by atoms with E-state index in [1.54, 1.807) is 0 Å². The van der Waals surface area contributed by atoms with Gasteiger partial charge in [0.1, 0.15) is 5.67 Å². The van der Waals surface area contributed by atoms with Gasteiger partial charge in [0, 0.05) is 12.3 Å². The van der Waals surface area contributed by atoms with Gasteiger partial charge in [-0.25, -0.2) is 4.39 Å². The van der Waals surface area contributed by atoms with Crippen LogP contribution in [0.2, 0.25) is 0 Å². The zero-order valence-corrected chi connectivity index (χ0v) is 18.6. The summed E-state index contributed by atoms with van der Waals surface area (Å²) in [6, 6.07) is 7.83. The average molecular weight is 401 g/mol. The lowest BCUT2D eigenvalue weighted by Gasteiger charge is -2.53. The molecule has 0 radical (unpaired) electrons. The number of likely N-dealkylation sites (tertiary alicyclic amines) is 1. The van der Waals surface area contributed by atoms with Gasteiger partial charge in [-0.1, -0.05) is 45.0 Å². The molecule has 29 heavy (non-hydrogen) atoms. The number of nitrogens with one attached hydrogen (secondary N) is 1. The molecule has 4 rings (SSSR count). The van der Waals surface area contributed by atoms with Crippen molar-refractivity contribution < 1.29 is 9.18 Å². The van der Waals surface area contributed by atoms with Crippen LogP contribution in [0.15, 0.2) is 24.3 Å². The number of benzene rings is 1. The fourth-order valence-corrected chi connectivity index (χ4v) is 5.69. The van der Waals surface area contributed by atoms with Crippen molar-refractivity contribution in [3.05, 3.63) is 35.4 Å². The summed E-state index contributed by atoms with van der Waals surface area (Å²) in [5.74, 6) is -0.0519. The fraction of sp³-hybridized carbons (Fsp3) is 0.720. The highest BCUT2D eigenvalue weighted by Crippen LogP contribution is 2.60. The SMILES string of the molecule is CC(=O)N[C@@H]1c2ccccc2C2(CCN(CCC(C)(C)C)CC2)CC1(F)C1CC1. The molecule has 1 N–H and O–H groups in total. The lowest BCUT2D eigenvalue weighted by atomic mass is 9.58. The maximum absolute atomic E-state index is 16.7. The molecular weight excluding hydrogens is 363 g/mol. The van der Waals surface area contributed by atoms with Crippen molar-refractivity contribution in [1.82, 2.24) is 10.2 Å². The predicted molar refractivity (Wildman–Crippen MR) is 116 cm³/mol. The van der Waals surface area contributed by atoms with E-state index in [-0.39, 0.29) is 17.2 Å². The number of fused-ring (bicyclic) bond motifs is 2. The van der Waals surface area contributed by atoms with E-state index in [4.69, 9.17) is 0 Å². The standard InChI is InChI=1S/C25H37FN2O/c1-18(29)27-22-20-7-5-6-8-21(20)24(17-25(22,26)19-9-10-19)12-15-28(16-13-24)14-11-23(2,3)4/h5-8,19,22H,9-17H2,1-4H3,(H,27,29)/t22-,25?/m1/s1. The molecule has 2 atom stereocenters. The number of halogens is 1. The Bertz CT molecular complexity index is 758. The lowest BCUT2D eigenvalue weighted by molar-refractivity contribution is -0.122. The van der Waals surface area contributed by atoms with Crippen LogP contribution in [0.1, 0.15) is 83.4 Å². The first-order valence-electron chi connectivity index (χ1n) is 11.4. The quantitative estimate of drug-likeness (QED) is 0.757. The number of piperidine rings is 1. The molecule has 1 amide bonds. The van der Waals surface area contributed by atoms with Crippen LogP contribution in [-0.4, -0.2) is 36.1 Å². The summed E-state index contributed by atoms with van der Waals surface area (Å²) >= 11 is 0. The summed E-state index contributed by atoms with van der Waals surface area (Å²) in [6.07, 6.45) is 5.67. The number of nitrogens with zero attached hydrogens (tertiary/aromatic N) is 1. The Hall–Kier alpha value is -1.42. The molecule has 0 bridgehead atoms. The Balaban J connectivity index is 1.62. The first kappa shape index (κ1) is 20.8. The molecule has 4 heteroatoms. The number of alkyl halides is 1. The van der Waals surface area contributed by atoms with Crippen molar-refractivity contribution in [2.24, 2.45) is 11.3 Å². The number of hydrogen-bond acceptors (Lipinski definition) is 2. The third-order valence-corrected chi connectivity index (χ3v) is 7.53. The minimum atomic E-state index is -1.33. The topological polar surface area (TPSA) is 32.3 Å². The summed E-state index contributed by atoms with van der Waals surface area (Å²) in [6.45, 7) is 11.6. The summed E-state index contributed by atoms with van der Waals surface area (Å²) in [4.78, 5) is 14.5. The van der Waals surface area contributed by atoms with E-state index in [1.165, 1.54) is 18.9 Å². The number of rotatable bonds is 4. The summed E-state index contributed by atoms with van der Waals surface area (Å²) < 4.78 is 16.7. The Labute approximate surface area is 175 Å².